The topological polar surface area (TPSA) is 29.9 Å². The molecule has 90 valence electrons. The predicted molar refractivity (Wildman–Crippen MR) is 71.3 cm³/mol. The van der Waals surface area contributed by atoms with Gasteiger partial charge in [-0.3, -0.25) is 0 Å². The zero-order valence-electron chi connectivity index (χ0n) is 10.4. The molecule has 1 aromatic heterocycles. The van der Waals surface area contributed by atoms with E-state index in [1.807, 2.05) is 11.8 Å². The highest BCUT2D eigenvalue weighted by Gasteiger charge is 2.16. The molecule has 3 nitrogen and oxygen atoms in total. The Morgan fingerprint density at radius 2 is 2.38 bits per heavy atom. The van der Waals surface area contributed by atoms with Crippen molar-refractivity contribution >= 4 is 17.7 Å². The first-order valence-corrected chi connectivity index (χ1v) is 7.22. The first-order chi connectivity index (χ1) is 7.66. The highest BCUT2D eigenvalue weighted by molar-refractivity contribution is 7.99. The van der Waals surface area contributed by atoms with E-state index < -0.39 is 0 Å². The van der Waals surface area contributed by atoms with E-state index in [1.165, 1.54) is 24.3 Å². The highest BCUT2D eigenvalue weighted by Crippen LogP contribution is 2.22. The van der Waals surface area contributed by atoms with Gasteiger partial charge >= 0.3 is 0 Å². The number of aromatic nitrogens is 2. The fraction of sp³-hybridized carbons (Fsp3) is 0.750. The molecule has 16 heavy (non-hydrogen) atoms. The minimum atomic E-state index is 0.472. The van der Waals surface area contributed by atoms with Crippen molar-refractivity contribution in [3.8, 4) is 0 Å². The summed E-state index contributed by atoms with van der Waals surface area (Å²) < 4.78 is 2.23. The number of nitrogens with one attached hydrogen (secondary N) is 1. The van der Waals surface area contributed by atoms with Gasteiger partial charge in [0.2, 0.25) is 5.95 Å². The largest absolute Gasteiger partial charge is 0.352 e. The second-order valence-corrected chi connectivity index (χ2v) is 5.92. The standard InChI is InChI=1S/C12H21N3S/c1-9(2)15-7-10(3)13-12(15)14-11-5-4-6-16-8-11/h7,9,11H,4-6,8H2,1-3H3,(H,13,14). The highest BCUT2D eigenvalue weighted by atomic mass is 32.2. The third-order valence-electron chi connectivity index (χ3n) is 2.90. The summed E-state index contributed by atoms with van der Waals surface area (Å²) in [4.78, 5) is 4.57. The Hall–Kier alpha value is -0.640. The average molecular weight is 239 g/mol. The number of anilines is 1. The number of aryl methyl sites for hydroxylation is 1. The van der Waals surface area contributed by atoms with Gasteiger partial charge in [-0.25, -0.2) is 4.98 Å². The molecular formula is C12H21N3S. The normalized spacial score (nSPS) is 21.4. The van der Waals surface area contributed by atoms with Gasteiger partial charge in [0.15, 0.2) is 0 Å². The summed E-state index contributed by atoms with van der Waals surface area (Å²) in [6, 6.07) is 1.07. The van der Waals surface area contributed by atoms with Crippen LogP contribution >= 0.6 is 11.8 Å². The van der Waals surface area contributed by atoms with Crippen LogP contribution in [0.25, 0.3) is 0 Å². The summed E-state index contributed by atoms with van der Waals surface area (Å²) in [5.41, 5.74) is 1.10. The van der Waals surface area contributed by atoms with Crippen LogP contribution in [-0.2, 0) is 0 Å². The Kier molecular flexibility index (Phi) is 3.79. The Bertz CT molecular complexity index is 340. The van der Waals surface area contributed by atoms with Gasteiger partial charge in [0, 0.05) is 24.0 Å². The van der Waals surface area contributed by atoms with Crippen LogP contribution in [0.4, 0.5) is 5.95 Å². The molecule has 1 fully saturated rings. The molecule has 1 unspecified atom stereocenters. The van der Waals surface area contributed by atoms with Crippen LogP contribution in [0.2, 0.25) is 0 Å². The van der Waals surface area contributed by atoms with Crippen LogP contribution in [0.5, 0.6) is 0 Å². The van der Waals surface area contributed by atoms with Crippen molar-refractivity contribution in [3.63, 3.8) is 0 Å². The second kappa shape index (κ2) is 5.13. The van der Waals surface area contributed by atoms with Gasteiger partial charge in [0.05, 0.1) is 5.69 Å². The number of rotatable bonds is 3. The maximum atomic E-state index is 4.57. The van der Waals surface area contributed by atoms with E-state index in [-0.39, 0.29) is 0 Å². The molecule has 1 aliphatic heterocycles. The summed E-state index contributed by atoms with van der Waals surface area (Å²) >= 11 is 2.04. The molecular weight excluding hydrogens is 218 g/mol. The van der Waals surface area contributed by atoms with E-state index >= 15 is 0 Å². The number of imidazole rings is 1. The van der Waals surface area contributed by atoms with Crippen LogP contribution in [0.1, 0.15) is 38.4 Å². The Morgan fingerprint density at radius 1 is 1.56 bits per heavy atom. The van der Waals surface area contributed by atoms with E-state index in [0.29, 0.717) is 12.1 Å². The summed E-state index contributed by atoms with van der Waals surface area (Å²) in [7, 11) is 0. The first-order valence-electron chi connectivity index (χ1n) is 6.06. The van der Waals surface area contributed by atoms with E-state index in [9.17, 15) is 0 Å². The number of hydrogen-bond acceptors (Lipinski definition) is 3. The summed E-state index contributed by atoms with van der Waals surface area (Å²) in [6.07, 6.45) is 4.73. The summed E-state index contributed by atoms with van der Waals surface area (Å²) in [5, 5.41) is 3.58. The molecule has 1 aromatic rings. The average Bonchev–Trinajstić information content (AvgIpc) is 2.61. The molecule has 0 aliphatic carbocycles. The quantitative estimate of drug-likeness (QED) is 0.879. The maximum absolute atomic E-state index is 4.57. The zero-order valence-corrected chi connectivity index (χ0v) is 11.2. The number of thioether (sulfide) groups is 1. The lowest BCUT2D eigenvalue weighted by Crippen LogP contribution is -2.27. The van der Waals surface area contributed by atoms with Gasteiger partial charge in [0.1, 0.15) is 0 Å². The fourth-order valence-electron chi connectivity index (χ4n) is 2.05. The minimum absolute atomic E-state index is 0.472. The van der Waals surface area contributed by atoms with Gasteiger partial charge in [0.25, 0.3) is 0 Å². The van der Waals surface area contributed by atoms with Gasteiger partial charge < -0.3 is 9.88 Å². The second-order valence-electron chi connectivity index (χ2n) is 4.77. The third kappa shape index (κ3) is 2.73. The summed E-state index contributed by atoms with van der Waals surface area (Å²) in [5.74, 6) is 3.57. The van der Waals surface area contributed by atoms with Gasteiger partial charge in [-0.15, -0.1) is 0 Å². The Balaban J connectivity index is 2.07. The molecule has 0 spiro atoms. The van der Waals surface area contributed by atoms with E-state index in [2.05, 4.69) is 41.8 Å². The lowest BCUT2D eigenvalue weighted by Gasteiger charge is -2.24. The lowest BCUT2D eigenvalue weighted by atomic mass is 10.2. The Labute approximate surface area is 102 Å². The van der Waals surface area contributed by atoms with Crippen LogP contribution in [0.15, 0.2) is 6.20 Å². The van der Waals surface area contributed by atoms with Crippen LogP contribution in [-0.4, -0.2) is 27.1 Å². The van der Waals surface area contributed by atoms with Crippen LogP contribution < -0.4 is 5.32 Å². The van der Waals surface area contributed by atoms with E-state index in [0.717, 1.165) is 11.6 Å². The molecule has 0 aromatic carbocycles. The van der Waals surface area contributed by atoms with Crippen LogP contribution in [0, 0.1) is 6.92 Å². The van der Waals surface area contributed by atoms with Gasteiger partial charge in [-0.1, -0.05) is 0 Å². The predicted octanol–water partition coefficient (Wildman–Crippen LogP) is 3.08. The maximum Gasteiger partial charge on any atom is 0.203 e. The molecule has 0 amide bonds. The van der Waals surface area contributed by atoms with Crippen molar-refractivity contribution in [1.29, 1.82) is 0 Å². The lowest BCUT2D eigenvalue weighted by molar-refractivity contribution is 0.592. The van der Waals surface area contributed by atoms with Crippen molar-refractivity contribution in [1.82, 2.24) is 9.55 Å². The Morgan fingerprint density at radius 3 is 3.00 bits per heavy atom. The van der Waals surface area contributed by atoms with Crippen molar-refractivity contribution in [3.05, 3.63) is 11.9 Å². The monoisotopic (exact) mass is 239 g/mol. The molecule has 2 heterocycles. The SMILES string of the molecule is Cc1cn(C(C)C)c(NC2CCCSC2)n1. The number of hydrogen-bond donors (Lipinski definition) is 1. The molecule has 1 N–H and O–H groups in total. The molecule has 0 bridgehead atoms. The first kappa shape index (κ1) is 11.8. The van der Waals surface area contributed by atoms with E-state index in [1.54, 1.807) is 0 Å². The molecule has 1 saturated heterocycles. The van der Waals surface area contributed by atoms with Crippen molar-refractivity contribution in [2.75, 3.05) is 16.8 Å². The molecule has 4 heteroatoms. The van der Waals surface area contributed by atoms with Gasteiger partial charge in [-0.05, 0) is 39.4 Å². The van der Waals surface area contributed by atoms with Crippen molar-refractivity contribution in [2.45, 2.75) is 45.7 Å². The summed E-state index contributed by atoms with van der Waals surface area (Å²) in [6.45, 7) is 6.45. The van der Waals surface area contributed by atoms with Crippen molar-refractivity contribution < 1.29 is 0 Å². The fourth-order valence-corrected chi connectivity index (χ4v) is 3.13. The third-order valence-corrected chi connectivity index (χ3v) is 4.12. The number of nitrogens with zero attached hydrogens (tertiary/aromatic N) is 2. The van der Waals surface area contributed by atoms with E-state index in [4.69, 9.17) is 0 Å². The molecule has 1 atom stereocenters. The van der Waals surface area contributed by atoms with Gasteiger partial charge in [-0.2, -0.15) is 11.8 Å². The molecule has 1 aliphatic rings. The van der Waals surface area contributed by atoms with Crippen molar-refractivity contribution in [2.24, 2.45) is 0 Å². The molecule has 2 rings (SSSR count). The smallest absolute Gasteiger partial charge is 0.203 e. The molecule has 0 radical (unpaired) electrons. The van der Waals surface area contributed by atoms with Crippen LogP contribution in [0.3, 0.4) is 0 Å². The minimum Gasteiger partial charge on any atom is -0.352 e. The molecule has 0 saturated carbocycles. The zero-order chi connectivity index (χ0) is 11.5.